The largest absolute Gasteiger partial charge is 0.359 e. The van der Waals surface area contributed by atoms with Gasteiger partial charge in [0.05, 0.1) is 11.6 Å². The topological polar surface area (TPSA) is 98.3 Å². The summed E-state index contributed by atoms with van der Waals surface area (Å²) in [7, 11) is 0. The lowest BCUT2D eigenvalue weighted by molar-refractivity contribution is 0.215. The molecule has 0 radical (unpaired) electrons. The van der Waals surface area contributed by atoms with E-state index in [0.29, 0.717) is 31.0 Å². The number of anilines is 2. The van der Waals surface area contributed by atoms with Gasteiger partial charge >= 0.3 is 6.03 Å². The maximum Gasteiger partial charge on any atom is 0.323 e. The maximum atomic E-state index is 12.6. The van der Waals surface area contributed by atoms with Crippen LogP contribution in [0.25, 0.3) is 0 Å². The van der Waals surface area contributed by atoms with Crippen LogP contribution in [0.5, 0.6) is 0 Å². The van der Waals surface area contributed by atoms with E-state index in [-0.39, 0.29) is 11.4 Å². The van der Waals surface area contributed by atoms with Crippen molar-refractivity contribution in [3.8, 4) is 6.07 Å². The third-order valence-electron chi connectivity index (χ3n) is 4.47. The molecule has 1 N–H and O–H groups in total. The molecule has 1 fully saturated rings. The molecule has 1 aliphatic rings. The molecule has 27 heavy (non-hydrogen) atoms. The number of nitrogens with zero attached hydrogens (tertiary/aromatic N) is 5. The maximum absolute atomic E-state index is 12.6. The number of rotatable bonds is 2. The molecule has 1 aliphatic heterocycles. The molecule has 0 bridgehead atoms. The number of amides is 2. The van der Waals surface area contributed by atoms with E-state index in [9.17, 15) is 4.79 Å². The average molecular weight is 368 g/mol. The first kappa shape index (κ1) is 18.7. The van der Waals surface area contributed by atoms with E-state index in [1.54, 1.807) is 29.3 Å². The fraction of sp³-hybridized carbons (Fsp3) is 0.474. The zero-order valence-electron chi connectivity index (χ0n) is 15.9. The predicted molar refractivity (Wildman–Crippen MR) is 102 cm³/mol. The van der Waals surface area contributed by atoms with Gasteiger partial charge in [-0.05, 0) is 18.6 Å². The number of hydrogen-bond donors (Lipinski definition) is 1. The second-order valence-electron chi connectivity index (χ2n) is 7.60. The van der Waals surface area contributed by atoms with E-state index < -0.39 is 0 Å². The molecule has 0 saturated carbocycles. The highest BCUT2D eigenvalue weighted by Crippen LogP contribution is 2.24. The Kier molecular flexibility index (Phi) is 5.31. The van der Waals surface area contributed by atoms with Crippen LogP contribution in [0.2, 0.25) is 0 Å². The van der Waals surface area contributed by atoms with Crippen LogP contribution >= 0.6 is 0 Å². The Bertz CT molecular complexity index is 848. The minimum Gasteiger partial charge on any atom is -0.359 e. The van der Waals surface area contributed by atoms with E-state index >= 15 is 0 Å². The molecule has 0 atom stereocenters. The number of urea groups is 1. The van der Waals surface area contributed by atoms with E-state index in [1.165, 1.54) is 0 Å². The number of nitriles is 1. The Labute approximate surface area is 158 Å². The van der Waals surface area contributed by atoms with Gasteiger partial charge in [-0.2, -0.15) is 5.26 Å². The summed E-state index contributed by atoms with van der Waals surface area (Å²) < 4.78 is 5.31. The van der Waals surface area contributed by atoms with Gasteiger partial charge in [0.1, 0.15) is 11.6 Å². The van der Waals surface area contributed by atoms with E-state index in [4.69, 9.17) is 9.78 Å². The van der Waals surface area contributed by atoms with Crippen molar-refractivity contribution >= 4 is 17.7 Å². The molecular formula is C19H24N6O2. The lowest BCUT2D eigenvalue weighted by atomic mass is 9.93. The fourth-order valence-electron chi connectivity index (χ4n) is 2.89. The number of nitrogens with one attached hydrogen (secondary N) is 1. The van der Waals surface area contributed by atoms with Crippen LogP contribution in [0.15, 0.2) is 28.9 Å². The summed E-state index contributed by atoms with van der Waals surface area (Å²) in [4.78, 5) is 20.8. The van der Waals surface area contributed by atoms with Crippen molar-refractivity contribution in [2.24, 2.45) is 0 Å². The third kappa shape index (κ3) is 4.56. The first-order valence-electron chi connectivity index (χ1n) is 9.01. The van der Waals surface area contributed by atoms with Gasteiger partial charge in [-0.1, -0.05) is 25.9 Å². The Morgan fingerprint density at radius 3 is 2.78 bits per heavy atom. The number of hydrogen-bond acceptors (Lipinski definition) is 6. The standard InChI is InChI=1S/C19H24N6O2/c1-19(2,3)15-12-16(23-27-15)22-18(26)25-8-4-7-24(9-10-25)17-11-14(13-20)5-6-21-17/h5-6,11-12H,4,7-10H2,1-3H3,(H,22,23,26). The zero-order valence-corrected chi connectivity index (χ0v) is 15.9. The van der Waals surface area contributed by atoms with Crippen molar-refractivity contribution < 1.29 is 9.32 Å². The molecule has 3 rings (SSSR count). The molecule has 3 heterocycles. The minimum atomic E-state index is -0.190. The average Bonchev–Trinajstić information content (AvgIpc) is 2.97. The highest BCUT2D eigenvalue weighted by Gasteiger charge is 2.23. The SMILES string of the molecule is CC(C)(C)c1cc(NC(=O)N2CCCN(c3cc(C#N)ccn3)CC2)no1. The van der Waals surface area contributed by atoms with Crippen LogP contribution < -0.4 is 10.2 Å². The second kappa shape index (κ2) is 7.66. The Balaban J connectivity index is 1.61. The van der Waals surface area contributed by atoms with Crippen molar-refractivity contribution in [2.45, 2.75) is 32.6 Å². The first-order chi connectivity index (χ1) is 12.9. The van der Waals surface area contributed by atoms with Crippen LogP contribution in [-0.4, -0.2) is 47.3 Å². The normalized spacial score (nSPS) is 15.2. The van der Waals surface area contributed by atoms with Crippen LogP contribution in [0, 0.1) is 11.3 Å². The highest BCUT2D eigenvalue weighted by molar-refractivity contribution is 5.88. The monoisotopic (exact) mass is 368 g/mol. The van der Waals surface area contributed by atoms with Gasteiger partial charge in [0, 0.05) is 43.9 Å². The Morgan fingerprint density at radius 2 is 2.07 bits per heavy atom. The highest BCUT2D eigenvalue weighted by atomic mass is 16.5. The Morgan fingerprint density at radius 1 is 1.26 bits per heavy atom. The number of pyridine rings is 1. The van der Waals surface area contributed by atoms with Crippen molar-refractivity contribution in [1.82, 2.24) is 15.0 Å². The molecule has 0 unspecified atom stereocenters. The zero-order chi connectivity index (χ0) is 19.4. The molecule has 2 amide bonds. The molecule has 1 saturated heterocycles. The molecule has 8 nitrogen and oxygen atoms in total. The van der Waals surface area contributed by atoms with Crippen molar-refractivity contribution in [3.05, 3.63) is 35.7 Å². The van der Waals surface area contributed by atoms with Gasteiger partial charge in [0.25, 0.3) is 0 Å². The summed E-state index contributed by atoms with van der Waals surface area (Å²) in [6.07, 6.45) is 2.46. The van der Waals surface area contributed by atoms with Crippen LogP contribution in [0.1, 0.15) is 38.5 Å². The summed E-state index contributed by atoms with van der Waals surface area (Å²) in [5.41, 5.74) is 0.420. The molecule has 142 valence electrons. The summed E-state index contributed by atoms with van der Waals surface area (Å²) >= 11 is 0. The number of carbonyl (C=O) groups is 1. The summed E-state index contributed by atoms with van der Waals surface area (Å²) in [5, 5.41) is 15.8. The first-order valence-corrected chi connectivity index (χ1v) is 9.01. The van der Waals surface area contributed by atoms with Crippen molar-refractivity contribution in [2.75, 3.05) is 36.4 Å². The van der Waals surface area contributed by atoms with Gasteiger partial charge < -0.3 is 14.3 Å². The van der Waals surface area contributed by atoms with E-state index in [2.05, 4.69) is 26.4 Å². The molecule has 0 aromatic carbocycles. The second-order valence-corrected chi connectivity index (χ2v) is 7.60. The molecule has 8 heteroatoms. The molecule has 2 aromatic rings. The predicted octanol–water partition coefficient (Wildman–Crippen LogP) is 2.98. The molecular weight excluding hydrogens is 344 g/mol. The lowest BCUT2D eigenvalue weighted by Gasteiger charge is -2.22. The minimum absolute atomic E-state index is 0.163. The van der Waals surface area contributed by atoms with Gasteiger partial charge in [-0.15, -0.1) is 0 Å². The van der Waals surface area contributed by atoms with Crippen LogP contribution in [-0.2, 0) is 5.41 Å². The molecule has 2 aromatic heterocycles. The van der Waals surface area contributed by atoms with Gasteiger partial charge in [0.15, 0.2) is 5.82 Å². The quantitative estimate of drug-likeness (QED) is 0.875. The van der Waals surface area contributed by atoms with Gasteiger partial charge in [-0.3, -0.25) is 5.32 Å². The van der Waals surface area contributed by atoms with Gasteiger partial charge in [-0.25, -0.2) is 9.78 Å². The number of aromatic nitrogens is 2. The fourth-order valence-corrected chi connectivity index (χ4v) is 2.89. The summed E-state index contributed by atoms with van der Waals surface area (Å²) in [6, 6.07) is 7.17. The Hall–Kier alpha value is -3.08. The van der Waals surface area contributed by atoms with Crippen LogP contribution in [0.4, 0.5) is 16.4 Å². The van der Waals surface area contributed by atoms with Gasteiger partial charge in [0.2, 0.25) is 0 Å². The van der Waals surface area contributed by atoms with E-state index in [1.807, 2.05) is 20.8 Å². The summed E-state index contributed by atoms with van der Waals surface area (Å²) in [5.74, 6) is 1.92. The molecule has 0 aliphatic carbocycles. The van der Waals surface area contributed by atoms with Crippen LogP contribution in [0.3, 0.4) is 0 Å². The number of carbonyl (C=O) groups excluding carboxylic acids is 1. The smallest absolute Gasteiger partial charge is 0.323 e. The van der Waals surface area contributed by atoms with E-state index in [0.717, 1.165) is 24.5 Å². The summed E-state index contributed by atoms with van der Waals surface area (Å²) in [6.45, 7) is 8.72. The lowest BCUT2D eigenvalue weighted by Crippen LogP contribution is -2.38. The van der Waals surface area contributed by atoms with Crippen molar-refractivity contribution in [3.63, 3.8) is 0 Å². The van der Waals surface area contributed by atoms with Crippen molar-refractivity contribution in [1.29, 1.82) is 5.26 Å². The molecule has 0 spiro atoms. The third-order valence-corrected chi connectivity index (χ3v) is 4.47.